The van der Waals surface area contributed by atoms with Gasteiger partial charge in [0.25, 0.3) is 0 Å². The van der Waals surface area contributed by atoms with E-state index in [0.29, 0.717) is 23.1 Å². The van der Waals surface area contributed by atoms with Crippen LogP contribution in [0.15, 0.2) is 24.3 Å². The van der Waals surface area contributed by atoms with Gasteiger partial charge in [0.2, 0.25) is 5.91 Å². The number of hydrogen-bond acceptors (Lipinski definition) is 2. The lowest BCUT2D eigenvalue weighted by Crippen LogP contribution is -2.52. The molecule has 27 heavy (non-hydrogen) atoms. The zero-order chi connectivity index (χ0) is 19.2. The minimum absolute atomic E-state index is 0.0625. The molecule has 0 aromatic heterocycles. The Hall–Kier alpha value is -0.800. The SMILES string of the molecule is CC(C)[C@@H](NCC1C=CC=CC1)C(=O)N1CCC(C2CCC(Cl)CC2)CC1. The standard InChI is InChI=1S/C23H37ClN2O/c1-17(2)22(25-16-18-6-4-3-5-7-18)23(27)26-14-12-20(13-15-26)19-8-10-21(24)11-9-19/h3-6,17-22,25H,7-16H2,1-2H3/t18?,19?,21?,22-/m1/s1. The fraction of sp³-hybridized carbons (Fsp3) is 0.783. The predicted octanol–water partition coefficient (Wildman–Crippen LogP) is 4.77. The lowest BCUT2D eigenvalue weighted by Gasteiger charge is -2.40. The maximum Gasteiger partial charge on any atom is 0.239 e. The Morgan fingerprint density at radius 1 is 1.07 bits per heavy atom. The van der Waals surface area contributed by atoms with Gasteiger partial charge in [-0.2, -0.15) is 0 Å². The molecule has 2 fully saturated rings. The van der Waals surface area contributed by atoms with Gasteiger partial charge >= 0.3 is 0 Å². The van der Waals surface area contributed by atoms with Crippen LogP contribution in [0, 0.1) is 23.7 Å². The molecule has 0 aromatic rings. The zero-order valence-electron chi connectivity index (χ0n) is 17.1. The van der Waals surface area contributed by atoms with Crippen LogP contribution in [0.25, 0.3) is 0 Å². The summed E-state index contributed by atoms with van der Waals surface area (Å²) in [6.45, 7) is 7.06. The van der Waals surface area contributed by atoms with Gasteiger partial charge in [0, 0.05) is 25.0 Å². The van der Waals surface area contributed by atoms with Gasteiger partial charge in [0.05, 0.1) is 6.04 Å². The number of piperidine rings is 1. The van der Waals surface area contributed by atoms with Crippen molar-refractivity contribution in [3.05, 3.63) is 24.3 Å². The molecular formula is C23H37ClN2O. The highest BCUT2D eigenvalue weighted by Gasteiger charge is 2.33. The first kappa shape index (κ1) is 20.9. The number of alkyl halides is 1. The van der Waals surface area contributed by atoms with Gasteiger partial charge < -0.3 is 10.2 Å². The van der Waals surface area contributed by atoms with Crippen molar-refractivity contribution in [3.8, 4) is 0 Å². The second-order valence-corrected chi connectivity index (χ2v) is 9.73. The van der Waals surface area contributed by atoms with E-state index in [2.05, 4.69) is 48.4 Å². The number of hydrogen-bond donors (Lipinski definition) is 1. The molecule has 3 nitrogen and oxygen atoms in total. The Balaban J connectivity index is 1.47. The number of rotatable bonds is 6. The summed E-state index contributed by atoms with van der Waals surface area (Å²) in [5.41, 5.74) is 0. The van der Waals surface area contributed by atoms with Gasteiger partial charge in [-0.05, 0) is 68.6 Å². The first-order valence-corrected chi connectivity index (χ1v) is 11.5. The van der Waals surface area contributed by atoms with Gasteiger partial charge in [-0.25, -0.2) is 0 Å². The molecular weight excluding hydrogens is 356 g/mol. The van der Waals surface area contributed by atoms with Crippen molar-refractivity contribution >= 4 is 17.5 Å². The predicted molar refractivity (Wildman–Crippen MR) is 114 cm³/mol. The Bertz CT molecular complexity index is 528. The molecule has 1 saturated carbocycles. The number of carbonyl (C=O) groups excluding carboxylic acids is 1. The van der Waals surface area contributed by atoms with Crippen molar-refractivity contribution in [1.82, 2.24) is 10.2 Å². The summed E-state index contributed by atoms with van der Waals surface area (Å²) in [4.78, 5) is 15.3. The number of nitrogens with one attached hydrogen (secondary N) is 1. The maximum atomic E-state index is 13.2. The van der Waals surface area contributed by atoms with Crippen LogP contribution in [-0.4, -0.2) is 41.9 Å². The molecule has 0 spiro atoms. The lowest BCUT2D eigenvalue weighted by molar-refractivity contribution is -0.136. The summed E-state index contributed by atoms with van der Waals surface area (Å²) >= 11 is 6.27. The highest BCUT2D eigenvalue weighted by Crippen LogP contribution is 2.37. The van der Waals surface area contributed by atoms with E-state index >= 15 is 0 Å². The van der Waals surface area contributed by atoms with Crippen LogP contribution in [0.5, 0.6) is 0 Å². The van der Waals surface area contributed by atoms with E-state index in [-0.39, 0.29) is 6.04 Å². The fourth-order valence-electron chi connectivity index (χ4n) is 5.01. The Morgan fingerprint density at radius 3 is 2.33 bits per heavy atom. The molecule has 0 radical (unpaired) electrons. The Kier molecular flexibility index (Phi) is 7.84. The number of halogens is 1. The molecule has 1 unspecified atom stereocenters. The molecule has 3 rings (SSSR count). The largest absolute Gasteiger partial charge is 0.341 e. The maximum absolute atomic E-state index is 13.2. The fourth-order valence-corrected chi connectivity index (χ4v) is 5.26. The highest BCUT2D eigenvalue weighted by atomic mass is 35.5. The molecule has 2 atom stereocenters. The molecule has 1 heterocycles. The van der Waals surface area contributed by atoms with Gasteiger partial charge in [0.15, 0.2) is 0 Å². The second-order valence-electron chi connectivity index (χ2n) is 9.11. The van der Waals surface area contributed by atoms with E-state index < -0.39 is 0 Å². The van der Waals surface area contributed by atoms with Crippen molar-refractivity contribution in [3.63, 3.8) is 0 Å². The van der Waals surface area contributed by atoms with Gasteiger partial charge in [-0.1, -0.05) is 38.2 Å². The summed E-state index contributed by atoms with van der Waals surface area (Å²) in [5, 5.41) is 3.97. The first-order chi connectivity index (χ1) is 13.0. The third kappa shape index (κ3) is 5.84. The second kappa shape index (κ2) is 10.1. The topological polar surface area (TPSA) is 32.3 Å². The van der Waals surface area contributed by atoms with E-state index in [1.54, 1.807) is 0 Å². The highest BCUT2D eigenvalue weighted by molar-refractivity contribution is 6.20. The van der Waals surface area contributed by atoms with E-state index in [0.717, 1.165) is 37.9 Å². The lowest BCUT2D eigenvalue weighted by atomic mass is 9.75. The van der Waals surface area contributed by atoms with Gasteiger partial charge in [-0.15, -0.1) is 11.6 Å². The molecule has 2 aliphatic carbocycles. The number of allylic oxidation sites excluding steroid dienone is 3. The van der Waals surface area contributed by atoms with Crippen molar-refractivity contribution in [2.45, 2.75) is 70.2 Å². The first-order valence-electron chi connectivity index (χ1n) is 11.0. The molecule has 1 amide bonds. The third-order valence-corrected chi connectivity index (χ3v) is 7.26. The summed E-state index contributed by atoms with van der Waals surface area (Å²) in [7, 11) is 0. The number of nitrogens with zero attached hydrogens (tertiary/aromatic N) is 1. The molecule has 0 bridgehead atoms. The summed E-state index contributed by atoms with van der Waals surface area (Å²) in [6, 6.07) is -0.0625. The molecule has 4 heteroatoms. The summed E-state index contributed by atoms with van der Waals surface area (Å²) in [5.74, 6) is 2.76. The Labute approximate surface area is 170 Å². The van der Waals surface area contributed by atoms with Gasteiger partial charge in [0.1, 0.15) is 0 Å². The van der Waals surface area contributed by atoms with Crippen molar-refractivity contribution < 1.29 is 4.79 Å². The quantitative estimate of drug-likeness (QED) is 0.660. The molecule has 1 aliphatic heterocycles. The van der Waals surface area contributed by atoms with Crippen LogP contribution in [0.1, 0.15) is 58.8 Å². The van der Waals surface area contributed by atoms with Gasteiger partial charge in [-0.3, -0.25) is 4.79 Å². The summed E-state index contributed by atoms with van der Waals surface area (Å²) in [6.07, 6.45) is 17.0. The smallest absolute Gasteiger partial charge is 0.239 e. The van der Waals surface area contributed by atoms with Crippen LogP contribution in [-0.2, 0) is 4.79 Å². The van der Waals surface area contributed by atoms with Crippen LogP contribution in [0.3, 0.4) is 0 Å². The molecule has 1 saturated heterocycles. The van der Waals surface area contributed by atoms with Crippen LogP contribution >= 0.6 is 11.6 Å². The Morgan fingerprint density at radius 2 is 1.74 bits per heavy atom. The van der Waals surface area contributed by atoms with Crippen molar-refractivity contribution in [2.24, 2.45) is 23.7 Å². The molecule has 152 valence electrons. The normalized spacial score (nSPS) is 30.7. The zero-order valence-corrected chi connectivity index (χ0v) is 17.8. The van der Waals surface area contributed by atoms with Crippen molar-refractivity contribution in [2.75, 3.05) is 19.6 Å². The molecule has 1 N–H and O–H groups in total. The molecule has 3 aliphatic rings. The number of amides is 1. The van der Waals surface area contributed by atoms with E-state index in [1.807, 2.05) is 0 Å². The molecule has 0 aromatic carbocycles. The summed E-state index contributed by atoms with van der Waals surface area (Å²) < 4.78 is 0. The average Bonchev–Trinajstić information content (AvgIpc) is 2.69. The third-order valence-electron chi connectivity index (χ3n) is 6.82. The number of likely N-dealkylation sites (tertiary alicyclic amines) is 1. The van der Waals surface area contributed by atoms with Crippen molar-refractivity contribution in [1.29, 1.82) is 0 Å². The average molecular weight is 393 g/mol. The van der Waals surface area contributed by atoms with Crippen LogP contribution in [0.2, 0.25) is 0 Å². The number of carbonyl (C=O) groups is 1. The van der Waals surface area contributed by atoms with Crippen LogP contribution < -0.4 is 5.32 Å². The minimum Gasteiger partial charge on any atom is -0.341 e. The van der Waals surface area contributed by atoms with E-state index in [9.17, 15) is 4.79 Å². The van der Waals surface area contributed by atoms with E-state index in [1.165, 1.54) is 38.5 Å². The van der Waals surface area contributed by atoms with E-state index in [4.69, 9.17) is 11.6 Å². The monoisotopic (exact) mass is 392 g/mol. The minimum atomic E-state index is -0.0625. The van der Waals surface area contributed by atoms with Crippen LogP contribution in [0.4, 0.5) is 0 Å².